The van der Waals surface area contributed by atoms with Gasteiger partial charge < -0.3 is 9.05 Å². The summed E-state index contributed by atoms with van der Waals surface area (Å²) in [5.41, 5.74) is 1.12. The van der Waals surface area contributed by atoms with Gasteiger partial charge in [0.15, 0.2) is 11.6 Å². The van der Waals surface area contributed by atoms with E-state index in [0.717, 1.165) is 12.8 Å². The maximum absolute atomic E-state index is 5.56. The van der Waals surface area contributed by atoms with Crippen LogP contribution in [0, 0.1) is 6.92 Å². The molecule has 2 aromatic heterocycles. The van der Waals surface area contributed by atoms with Crippen LogP contribution in [0.5, 0.6) is 0 Å². The van der Waals surface area contributed by atoms with Crippen molar-refractivity contribution in [3.63, 3.8) is 0 Å². The second-order valence-corrected chi connectivity index (χ2v) is 5.72. The molecule has 0 saturated heterocycles. The molecule has 0 bridgehead atoms. The number of hydrogen-bond acceptors (Lipinski definition) is 6. The van der Waals surface area contributed by atoms with Crippen molar-refractivity contribution in [2.75, 3.05) is 0 Å². The molecule has 1 saturated carbocycles. The Morgan fingerprint density at radius 2 is 1.73 bits per heavy atom. The molecular weight excluding hydrogens is 280 g/mol. The lowest BCUT2D eigenvalue weighted by Gasteiger charge is -2.38. The lowest BCUT2D eigenvalue weighted by atomic mass is 9.64. The van der Waals surface area contributed by atoms with Gasteiger partial charge in [-0.1, -0.05) is 47.1 Å². The maximum Gasteiger partial charge on any atom is 0.237 e. The average Bonchev–Trinajstić information content (AvgIpc) is 3.09. The second kappa shape index (κ2) is 5.05. The van der Waals surface area contributed by atoms with Crippen LogP contribution >= 0.6 is 0 Å². The molecule has 0 atom stereocenters. The van der Waals surface area contributed by atoms with Crippen molar-refractivity contribution in [1.82, 2.24) is 20.3 Å². The third-order valence-corrected chi connectivity index (χ3v) is 4.30. The number of nitrogens with zero attached hydrogens (tertiary/aromatic N) is 4. The molecule has 0 N–H and O–H groups in total. The van der Waals surface area contributed by atoms with Crippen molar-refractivity contribution in [3.05, 3.63) is 59.3 Å². The van der Waals surface area contributed by atoms with Crippen LogP contribution in [0.3, 0.4) is 0 Å². The van der Waals surface area contributed by atoms with Crippen LogP contribution in [-0.2, 0) is 11.8 Å². The van der Waals surface area contributed by atoms with Crippen LogP contribution in [0.4, 0.5) is 0 Å². The molecular formula is C16H16N4O2. The largest absolute Gasteiger partial charge is 0.340 e. The van der Waals surface area contributed by atoms with Crippen molar-refractivity contribution < 1.29 is 9.05 Å². The smallest absolute Gasteiger partial charge is 0.237 e. The van der Waals surface area contributed by atoms with Gasteiger partial charge in [0.25, 0.3) is 0 Å². The first-order chi connectivity index (χ1) is 10.8. The van der Waals surface area contributed by atoms with Crippen LogP contribution in [0.25, 0.3) is 0 Å². The maximum atomic E-state index is 5.56. The van der Waals surface area contributed by atoms with Gasteiger partial charge in [0, 0.05) is 6.92 Å². The number of rotatable bonds is 4. The fourth-order valence-corrected chi connectivity index (χ4v) is 2.99. The Balaban J connectivity index is 1.63. The SMILES string of the molecule is Cc1nc(Cc2noc(C3(c4ccccc4)CCC3)n2)no1. The molecule has 22 heavy (non-hydrogen) atoms. The lowest BCUT2D eigenvalue weighted by Crippen LogP contribution is -2.35. The molecule has 0 aliphatic heterocycles. The molecule has 4 rings (SSSR count). The molecule has 1 aliphatic carbocycles. The number of benzene rings is 1. The van der Waals surface area contributed by atoms with Crippen LogP contribution in [-0.4, -0.2) is 20.3 Å². The van der Waals surface area contributed by atoms with Crippen LogP contribution in [0.1, 0.15) is 48.3 Å². The van der Waals surface area contributed by atoms with Gasteiger partial charge in [0.1, 0.15) is 0 Å². The highest BCUT2D eigenvalue weighted by Gasteiger charge is 2.45. The minimum absolute atomic E-state index is 0.125. The molecule has 1 fully saturated rings. The summed E-state index contributed by atoms with van der Waals surface area (Å²) in [7, 11) is 0. The molecule has 0 radical (unpaired) electrons. The van der Waals surface area contributed by atoms with Gasteiger partial charge in [0.2, 0.25) is 11.8 Å². The molecule has 2 heterocycles. The van der Waals surface area contributed by atoms with Crippen LogP contribution < -0.4 is 0 Å². The number of aryl methyl sites for hydroxylation is 1. The van der Waals surface area contributed by atoms with E-state index >= 15 is 0 Å². The molecule has 6 heteroatoms. The average molecular weight is 296 g/mol. The summed E-state index contributed by atoms with van der Waals surface area (Å²) < 4.78 is 10.5. The molecule has 0 spiro atoms. The van der Waals surface area contributed by atoms with E-state index in [0.29, 0.717) is 29.9 Å². The second-order valence-electron chi connectivity index (χ2n) is 5.72. The summed E-state index contributed by atoms with van der Waals surface area (Å²) in [6.45, 7) is 1.76. The number of aromatic nitrogens is 4. The van der Waals surface area contributed by atoms with E-state index in [1.165, 1.54) is 12.0 Å². The Kier molecular flexibility index (Phi) is 3.03. The summed E-state index contributed by atoms with van der Waals surface area (Å²) in [6.07, 6.45) is 3.68. The lowest BCUT2D eigenvalue weighted by molar-refractivity contribution is 0.216. The minimum atomic E-state index is -0.125. The molecule has 3 aromatic rings. The van der Waals surface area contributed by atoms with E-state index in [1.807, 2.05) is 6.07 Å². The summed E-state index contributed by atoms with van der Waals surface area (Å²) in [5, 5.41) is 7.95. The third-order valence-electron chi connectivity index (χ3n) is 4.30. The van der Waals surface area contributed by atoms with E-state index in [1.54, 1.807) is 6.92 Å². The fraction of sp³-hybridized carbons (Fsp3) is 0.375. The Morgan fingerprint density at radius 1 is 1.00 bits per heavy atom. The zero-order chi connectivity index (χ0) is 15.0. The number of hydrogen-bond donors (Lipinski definition) is 0. The molecule has 1 aromatic carbocycles. The van der Waals surface area contributed by atoms with Crippen molar-refractivity contribution >= 4 is 0 Å². The molecule has 1 aliphatic rings. The Hall–Kier alpha value is -2.50. The predicted octanol–water partition coefficient (Wildman–Crippen LogP) is 2.82. The van der Waals surface area contributed by atoms with Gasteiger partial charge in [-0.2, -0.15) is 9.97 Å². The monoisotopic (exact) mass is 296 g/mol. The fourth-order valence-electron chi connectivity index (χ4n) is 2.99. The predicted molar refractivity (Wildman–Crippen MR) is 77.2 cm³/mol. The highest BCUT2D eigenvalue weighted by molar-refractivity contribution is 5.34. The highest BCUT2D eigenvalue weighted by Crippen LogP contribution is 2.48. The van der Waals surface area contributed by atoms with E-state index in [2.05, 4.69) is 44.5 Å². The quantitative estimate of drug-likeness (QED) is 0.736. The zero-order valence-electron chi connectivity index (χ0n) is 12.3. The van der Waals surface area contributed by atoms with Crippen molar-refractivity contribution in [3.8, 4) is 0 Å². The molecule has 6 nitrogen and oxygen atoms in total. The topological polar surface area (TPSA) is 77.8 Å². The van der Waals surface area contributed by atoms with Gasteiger partial charge in [-0.15, -0.1) is 0 Å². The van der Waals surface area contributed by atoms with Crippen molar-refractivity contribution in [2.45, 2.75) is 38.0 Å². The normalized spacial score (nSPS) is 16.4. The summed E-state index contributed by atoms with van der Waals surface area (Å²) in [4.78, 5) is 8.76. The molecule has 0 amide bonds. The van der Waals surface area contributed by atoms with Gasteiger partial charge in [-0.3, -0.25) is 0 Å². The molecule has 0 unspecified atom stereocenters. The zero-order valence-corrected chi connectivity index (χ0v) is 12.3. The Bertz CT molecular complexity index is 774. The minimum Gasteiger partial charge on any atom is -0.340 e. The van der Waals surface area contributed by atoms with Crippen molar-refractivity contribution in [2.24, 2.45) is 0 Å². The first-order valence-electron chi connectivity index (χ1n) is 7.44. The Morgan fingerprint density at radius 3 is 2.36 bits per heavy atom. The summed E-state index contributed by atoms with van der Waals surface area (Å²) in [6, 6.07) is 10.4. The first kappa shape index (κ1) is 13.2. The van der Waals surface area contributed by atoms with Gasteiger partial charge in [-0.05, 0) is 18.4 Å². The first-order valence-corrected chi connectivity index (χ1v) is 7.44. The Labute approximate surface area is 127 Å². The van der Waals surface area contributed by atoms with Gasteiger partial charge >= 0.3 is 0 Å². The van der Waals surface area contributed by atoms with E-state index in [4.69, 9.17) is 9.05 Å². The van der Waals surface area contributed by atoms with E-state index < -0.39 is 0 Å². The van der Waals surface area contributed by atoms with Crippen LogP contribution in [0.2, 0.25) is 0 Å². The molecule has 112 valence electrons. The highest BCUT2D eigenvalue weighted by atomic mass is 16.5. The summed E-state index contributed by atoms with van der Waals surface area (Å²) in [5.74, 6) is 2.41. The third kappa shape index (κ3) is 2.11. The van der Waals surface area contributed by atoms with Crippen molar-refractivity contribution in [1.29, 1.82) is 0 Å². The standard InChI is InChI=1S/C16H16N4O2/c1-11-17-13(19-21-11)10-14-18-15(22-20-14)16(8-5-9-16)12-6-3-2-4-7-12/h2-4,6-7H,5,8-10H2,1H3. The summed E-state index contributed by atoms with van der Waals surface area (Å²) >= 11 is 0. The van der Waals surface area contributed by atoms with Gasteiger partial charge in [-0.25, -0.2) is 0 Å². The van der Waals surface area contributed by atoms with Crippen LogP contribution in [0.15, 0.2) is 39.4 Å². The van der Waals surface area contributed by atoms with E-state index in [-0.39, 0.29) is 5.41 Å². The van der Waals surface area contributed by atoms with E-state index in [9.17, 15) is 0 Å². The van der Waals surface area contributed by atoms with Gasteiger partial charge in [0.05, 0.1) is 11.8 Å².